The molecule has 0 radical (unpaired) electrons. The van der Waals surface area contributed by atoms with Crippen molar-refractivity contribution < 1.29 is 4.74 Å². The van der Waals surface area contributed by atoms with Gasteiger partial charge in [-0.05, 0) is 13.0 Å². The highest BCUT2D eigenvalue weighted by Crippen LogP contribution is 2.23. The van der Waals surface area contributed by atoms with Crippen LogP contribution in [0.4, 0.5) is 0 Å². The third-order valence-corrected chi connectivity index (χ3v) is 4.52. The van der Waals surface area contributed by atoms with E-state index in [-0.39, 0.29) is 29.4 Å². The van der Waals surface area contributed by atoms with Gasteiger partial charge in [-0.15, -0.1) is 35.3 Å². The second-order valence-corrected chi connectivity index (χ2v) is 7.64. The molecule has 2 N–H and O–H groups in total. The zero-order valence-electron chi connectivity index (χ0n) is 16.1. The highest BCUT2D eigenvalue weighted by Gasteiger charge is 2.17. The average Bonchev–Trinajstić information content (AvgIpc) is 3.06. The highest BCUT2D eigenvalue weighted by atomic mass is 127. The van der Waals surface area contributed by atoms with Crippen LogP contribution >= 0.6 is 35.3 Å². The zero-order valence-corrected chi connectivity index (χ0v) is 19.3. The number of thiazole rings is 1. The standard InChI is InChI=1S/C19H28N4OS.HI/c1-6-24-15-10-8-7-9-14(15)11-21-18(20-5)22-12-17-23-16(13-25-17)19(2,3)4;/h7-10,13H,6,11-12H2,1-5H3,(H2,20,21,22);1H. The van der Waals surface area contributed by atoms with Crippen LogP contribution in [-0.2, 0) is 18.5 Å². The number of nitrogens with zero attached hydrogens (tertiary/aromatic N) is 2. The van der Waals surface area contributed by atoms with Crippen LogP contribution in [-0.4, -0.2) is 24.6 Å². The summed E-state index contributed by atoms with van der Waals surface area (Å²) in [5.41, 5.74) is 2.32. The summed E-state index contributed by atoms with van der Waals surface area (Å²) in [6, 6.07) is 8.04. The van der Waals surface area contributed by atoms with Crippen molar-refractivity contribution in [1.82, 2.24) is 15.6 Å². The lowest BCUT2D eigenvalue weighted by molar-refractivity contribution is 0.336. The lowest BCUT2D eigenvalue weighted by atomic mass is 9.93. The SMILES string of the molecule is CCOc1ccccc1CNC(=NC)NCc1nc(C(C)(C)C)cs1.I. The molecule has 0 aliphatic heterocycles. The first-order valence-electron chi connectivity index (χ1n) is 8.54. The number of hydrogen-bond donors (Lipinski definition) is 2. The van der Waals surface area contributed by atoms with E-state index in [1.54, 1.807) is 18.4 Å². The molecule has 2 aromatic rings. The number of aromatic nitrogens is 1. The maximum absolute atomic E-state index is 5.66. The molecule has 26 heavy (non-hydrogen) atoms. The molecule has 0 spiro atoms. The second-order valence-electron chi connectivity index (χ2n) is 6.70. The molecule has 0 unspecified atom stereocenters. The number of halogens is 1. The Morgan fingerprint density at radius 2 is 1.88 bits per heavy atom. The van der Waals surface area contributed by atoms with E-state index >= 15 is 0 Å². The third-order valence-electron chi connectivity index (χ3n) is 3.67. The number of hydrogen-bond acceptors (Lipinski definition) is 4. The van der Waals surface area contributed by atoms with Crippen LogP contribution in [0.5, 0.6) is 5.75 Å². The van der Waals surface area contributed by atoms with Crippen LogP contribution in [0.1, 0.15) is 44.0 Å². The van der Waals surface area contributed by atoms with Crippen LogP contribution in [0.3, 0.4) is 0 Å². The molecule has 1 heterocycles. The van der Waals surface area contributed by atoms with Crippen molar-refractivity contribution in [3.63, 3.8) is 0 Å². The summed E-state index contributed by atoms with van der Waals surface area (Å²) >= 11 is 1.68. The van der Waals surface area contributed by atoms with Crippen molar-refractivity contribution in [2.24, 2.45) is 4.99 Å². The Hall–Kier alpha value is -1.35. The predicted molar refractivity (Wildman–Crippen MR) is 121 cm³/mol. The van der Waals surface area contributed by atoms with E-state index in [0.717, 1.165) is 28.0 Å². The van der Waals surface area contributed by atoms with Gasteiger partial charge in [-0.2, -0.15) is 0 Å². The van der Waals surface area contributed by atoms with Crippen molar-refractivity contribution in [3.8, 4) is 5.75 Å². The van der Waals surface area contributed by atoms with E-state index in [0.29, 0.717) is 19.7 Å². The van der Waals surface area contributed by atoms with Crippen molar-refractivity contribution in [2.75, 3.05) is 13.7 Å². The Bertz CT molecular complexity index is 710. The van der Waals surface area contributed by atoms with Crippen LogP contribution in [0, 0.1) is 0 Å². The molecule has 0 saturated carbocycles. The molecule has 1 aromatic carbocycles. The summed E-state index contributed by atoms with van der Waals surface area (Å²) in [6.45, 7) is 10.5. The largest absolute Gasteiger partial charge is 0.494 e. The Labute approximate surface area is 177 Å². The number of guanidine groups is 1. The van der Waals surface area contributed by atoms with Crippen molar-refractivity contribution in [1.29, 1.82) is 0 Å². The number of benzene rings is 1. The highest BCUT2D eigenvalue weighted by molar-refractivity contribution is 14.0. The molecule has 0 aliphatic carbocycles. The maximum atomic E-state index is 5.66. The Morgan fingerprint density at radius 3 is 2.50 bits per heavy atom. The van der Waals surface area contributed by atoms with Crippen molar-refractivity contribution in [2.45, 2.75) is 46.2 Å². The summed E-state index contributed by atoms with van der Waals surface area (Å²) < 4.78 is 5.66. The van der Waals surface area contributed by atoms with E-state index in [9.17, 15) is 0 Å². The lowest BCUT2D eigenvalue weighted by Crippen LogP contribution is -2.36. The van der Waals surface area contributed by atoms with Crippen LogP contribution in [0.2, 0.25) is 0 Å². The van der Waals surface area contributed by atoms with Gasteiger partial charge in [0.2, 0.25) is 0 Å². The fraction of sp³-hybridized carbons (Fsp3) is 0.474. The molecular weight excluding hydrogens is 459 g/mol. The van der Waals surface area contributed by atoms with E-state index in [4.69, 9.17) is 9.72 Å². The maximum Gasteiger partial charge on any atom is 0.191 e. The Morgan fingerprint density at radius 1 is 1.19 bits per heavy atom. The number of ether oxygens (including phenoxy) is 1. The zero-order chi connectivity index (χ0) is 18.3. The summed E-state index contributed by atoms with van der Waals surface area (Å²) in [4.78, 5) is 8.98. The van der Waals surface area contributed by atoms with Crippen LogP contribution in [0.15, 0.2) is 34.6 Å². The van der Waals surface area contributed by atoms with Gasteiger partial charge in [0.15, 0.2) is 5.96 Å². The second kappa shape index (κ2) is 10.7. The molecule has 0 bridgehead atoms. The first-order valence-corrected chi connectivity index (χ1v) is 9.42. The van der Waals surface area contributed by atoms with Gasteiger partial charge >= 0.3 is 0 Å². The summed E-state index contributed by atoms with van der Waals surface area (Å²) in [5, 5.41) is 9.83. The molecule has 7 heteroatoms. The van der Waals surface area contributed by atoms with Gasteiger partial charge in [0.25, 0.3) is 0 Å². The van der Waals surface area contributed by atoms with Crippen LogP contribution < -0.4 is 15.4 Å². The van der Waals surface area contributed by atoms with Crippen LogP contribution in [0.25, 0.3) is 0 Å². The van der Waals surface area contributed by atoms with E-state index in [1.807, 2.05) is 25.1 Å². The monoisotopic (exact) mass is 488 g/mol. The minimum atomic E-state index is 0. The first-order chi connectivity index (χ1) is 11.9. The Kier molecular flexibility index (Phi) is 9.35. The van der Waals surface area contributed by atoms with E-state index in [1.165, 1.54) is 0 Å². The molecule has 1 aromatic heterocycles. The predicted octanol–water partition coefficient (Wildman–Crippen LogP) is 4.32. The smallest absolute Gasteiger partial charge is 0.191 e. The molecule has 144 valence electrons. The number of nitrogens with one attached hydrogen (secondary N) is 2. The Balaban J connectivity index is 0.00000338. The molecule has 5 nitrogen and oxygen atoms in total. The summed E-state index contributed by atoms with van der Waals surface area (Å²) in [6.07, 6.45) is 0. The normalized spacial score (nSPS) is 11.7. The summed E-state index contributed by atoms with van der Waals surface area (Å²) in [7, 11) is 1.77. The molecule has 0 atom stereocenters. The molecule has 0 amide bonds. The topological polar surface area (TPSA) is 58.5 Å². The van der Waals surface area contributed by atoms with Gasteiger partial charge in [-0.3, -0.25) is 4.99 Å². The van der Waals surface area contributed by atoms with Gasteiger partial charge < -0.3 is 15.4 Å². The van der Waals surface area contributed by atoms with Crippen molar-refractivity contribution >= 4 is 41.3 Å². The van der Waals surface area contributed by atoms with Gasteiger partial charge in [-0.1, -0.05) is 39.0 Å². The van der Waals surface area contributed by atoms with Gasteiger partial charge in [0, 0.05) is 30.0 Å². The number of rotatable bonds is 6. The minimum absolute atomic E-state index is 0. The molecule has 0 fully saturated rings. The lowest BCUT2D eigenvalue weighted by Gasteiger charge is -2.15. The van der Waals surface area contributed by atoms with E-state index in [2.05, 4.69) is 47.8 Å². The van der Waals surface area contributed by atoms with Crippen molar-refractivity contribution in [3.05, 3.63) is 45.9 Å². The third kappa shape index (κ3) is 6.75. The molecule has 0 aliphatic rings. The fourth-order valence-corrected chi connectivity index (χ4v) is 3.20. The minimum Gasteiger partial charge on any atom is -0.494 e. The van der Waals surface area contributed by atoms with E-state index < -0.39 is 0 Å². The summed E-state index contributed by atoms with van der Waals surface area (Å²) in [5.74, 6) is 1.65. The number of para-hydroxylation sites is 1. The molecule has 2 rings (SSSR count). The first kappa shape index (κ1) is 22.7. The van der Waals surface area contributed by atoms with Gasteiger partial charge in [-0.25, -0.2) is 4.98 Å². The quantitative estimate of drug-likeness (QED) is 0.361. The van der Waals surface area contributed by atoms with Gasteiger partial charge in [0.05, 0.1) is 18.8 Å². The van der Waals surface area contributed by atoms with Gasteiger partial charge in [0.1, 0.15) is 10.8 Å². The fourth-order valence-electron chi connectivity index (χ4n) is 2.24. The average molecular weight is 488 g/mol. The molecule has 0 saturated heterocycles. The number of aliphatic imine (C=N–C) groups is 1. The molecular formula is C19H29IN4OS.